The summed E-state index contributed by atoms with van der Waals surface area (Å²) in [5.74, 6) is 0.455. The summed E-state index contributed by atoms with van der Waals surface area (Å²) < 4.78 is 11.4. The van der Waals surface area contributed by atoms with Gasteiger partial charge in [0, 0.05) is 0 Å². The fourth-order valence-corrected chi connectivity index (χ4v) is 3.80. The van der Waals surface area contributed by atoms with Crippen molar-refractivity contribution in [3.8, 4) is 0 Å². The molecule has 1 atom stereocenters. The summed E-state index contributed by atoms with van der Waals surface area (Å²) in [6, 6.07) is 18.0. The lowest BCUT2D eigenvalue weighted by Crippen LogP contribution is -2.29. The van der Waals surface area contributed by atoms with Gasteiger partial charge in [-0.15, -0.1) is 0 Å². The van der Waals surface area contributed by atoms with E-state index in [-0.39, 0.29) is 23.6 Å². The first kappa shape index (κ1) is 16.6. The van der Waals surface area contributed by atoms with E-state index < -0.39 is 6.04 Å². The van der Waals surface area contributed by atoms with Crippen LogP contribution < -0.4 is 5.43 Å². The molecule has 0 aliphatic carbocycles. The van der Waals surface area contributed by atoms with Crippen LogP contribution in [0.3, 0.4) is 0 Å². The summed E-state index contributed by atoms with van der Waals surface area (Å²) in [5, 5.41) is 0.478. The van der Waals surface area contributed by atoms with E-state index in [0.717, 1.165) is 11.1 Å². The lowest BCUT2D eigenvalue weighted by Gasteiger charge is -2.24. The predicted molar refractivity (Wildman–Crippen MR) is 104 cm³/mol. The Hall–Kier alpha value is -3.60. The molecule has 3 heterocycles. The van der Waals surface area contributed by atoms with Crippen molar-refractivity contribution in [2.45, 2.75) is 19.5 Å². The van der Waals surface area contributed by atoms with Gasteiger partial charge in [0.05, 0.1) is 29.8 Å². The molecule has 4 aromatic rings. The summed E-state index contributed by atoms with van der Waals surface area (Å²) in [7, 11) is 0. The van der Waals surface area contributed by atoms with Gasteiger partial charge in [0.25, 0.3) is 5.91 Å². The van der Waals surface area contributed by atoms with Gasteiger partial charge in [-0.3, -0.25) is 9.59 Å². The second-order valence-electron chi connectivity index (χ2n) is 7.00. The van der Waals surface area contributed by atoms with Crippen LogP contribution in [0.5, 0.6) is 0 Å². The minimum atomic E-state index is -0.519. The Kier molecular flexibility index (Phi) is 3.69. The fraction of sp³-hybridized carbons (Fsp3) is 0.130. The highest BCUT2D eigenvalue weighted by Crippen LogP contribution is 2.39. The number of aryl methyl sites for hydroxylation is 1. The third-order valence-electron chi connectivity index (χ3n) is 5.17. The maximum absolute atomic E-state index is 13.3. The SMILES string of the molecule is Cc1ccc(C2c3c(oc4ccccc4c3=O)C(=O)N2Cc2ccco2)cc1. The van der Waals surface area contributed by atoms with Crippen molar-refractivity contribution in [1.82, 2.24) is 4.90 Å². The summed E-state index contributed by atoms with van der Waals surface area (Å²) in [4.78, 5) is 28.2. The number of carbonyl (C=O) groups is 1. The first-order chi connectivity index (χ1) is 13.6. The molecule has 0 bridgehead atoms. The third kappa shape index (κ3) is 2.47. The zero-order valence-corrected chi connectivity index (χ0v) is 15.2. The maximum atomic E-state index is 13.3. The van der Waals surface area contributed by atoms with E-state index in [1.807, 2.05) is 37.3 Å². The van der Waals surface area contributed by atoms with Crippen LogP contribution >= 0.6 is 0 Å². The number of rotatable bonds is 3. The number of hydrogen-bond donors (Lipinski definition) is 0. The van der Waals surface area contributed by atoms with Crippen LogP contribution in [-0.4, -0.2) is 10.8 Å². The van der Waals surface area contributed by atoms with Crippen LogP contribution in [0.25, 0.3) is 11.0 Å². The van der Waals surface area contributed by atoms with E-state index in [1.165, 1.54) is 0 Å². The predicted octanol–water partition coefficient (Wildman–Crippen LogP) is 4.44. The van der Waals surface area contributed by atoms with E-state index in [9.17, 15) is 9.59 Å². The molecule has 0 spiro atoms. The second-order valence-corrected chi connectivity index (χ2v) is 7.00. The van der Waals surface area contributed by atoms with Crippen LogP contribution in [0.1, 0.15) is 39.0 Å². The topological polar surface area (TPSA) is 63.7 Å². The Morgan fingerprint density at radius 3 is 2.50 bits per heavy atom. The van der Waals surface area contributed by atoms with Crippen molar-refractivity contribution in [1.29, 1.82) is 0 Å². The zero-order valence-electron chi connectivity index (χ0n) is 15.2. The Morgan fingerprint density at radius 2 is 1.75 bits per heavy atom. The quantitative estimate of drug-likeness (QED) is 0.534. The number of carbonyl (C=O) groups excluding carboxylic acids is 1. The van der Waals surface area contributed by atoms with Gasteiger partial charge < -0.3 is 13.7 Å². The van der Waals surface area contributed by atoms with Crippen LogP contribution in [0.2, 0.25) is 0 Å². The molecule has 1 unspecified atom stereocenters. The lowest BCUT2D eigenvalue weighted by molar-refractivity contribution is 0.0701. The van der Waals surface area contributed by atoms with E-state index >= 15 is 0 Å². The van der Waals surface area contributed by atoms with Gasteiger partial charge in [-0.25, -0.2) is 0 Å². The monoisotopic (exact) mass is 371 g/mol. The van der Waals surface area contributed by atoms with Crippen molar-refractivity contribution in [2.24, 2.45) is 0 Å². The average Bonchev–Trinajstić information content (AvgIpc) is 3.31. The highest BCUT2D eigenvalue weighted by atomic mass is 16.3. The Balaban J connectivity index is 1.75. The summed E-state index contributed by atoms with van der Waals surface area (Å²) in [6.45, 7) is 2.25. The molecule has 28 heavy (non-hydrogen) atoms. The number of amides is 1. The van der Waals surface area contributed by atoms with Crippen molar-refractivity contribution in [3.05, 3.63) is 105 Å². The van der Waals surface area contributed by atoms with Crippen LogP contribution in [0.15, 0.2) is 80.6 Å². The van der Waals surface area contributed by atoms with E-state index in [0.29, 0.717) is 22.3 Å². The number of fused-ring (bicyclic) bond motifs is 2. The molecule has 0 fully saturated rings. The number of furan rings is 1. The van der Waals surface area contributed by atoms with Crippen molar-refractivity contribution in [2.75, 3.05) is 0 Å². The van der Waals surface area contributed by atoms with Gasteiger partial charge in [-0.05, 0) is 36.8 Å². The minimum Gasteiger partial charge on any atom is -0.467 e. The molecular formula is C23H17NO4. The zero-order chi connectivity index (χ0) is 19.3. The maximum Gasteiger partial charge on any atom is 0.291 e. The number of nitrogens with zero attached hydrogens (tertiary/aromatic N) is 1. The van der Waals surface area contributed by atoms with Crippen LogP contribution in [0, 0.1) is 6.92 Å². The first-order valence-corrected chi connectivity index (χ1v) is 9.09. The normalized spacial score (nSPS) is 16.0. The standard InChI is InChI=1S/C23H17NO4/c1-14-8-10-15(11-9-14)20-19-21(25)17-6-2-3-7-18(17)28-22(19)23(26)24(20)13-16-5-4-12-27-16/h2-12,20H,13H2,1H3. The Bertz CT molecular complexity index is 1240. The lowest BCUT2D eigenvalue weighted by atomic mass is 9.97. The molecular weight excluding hydrogens is 354 g/mol. The van der Waals surface area contributed by atoms with E-state index in [2.05, 4.69) is 0 Å². The molecule has 5 nitrogen and oxygen atoms in total. The highest BCUT2D eigenvalue weighted by Gasteiger charge is 2.42. The minimum absolute atomic E-state index is 0.112. The molecule has 1 aliphatic rings. The van der Waals surface area contributed by atoms with E-state index in [4.69, 9.17) is 8.83 Å². The van der Waals surface area contributed by atoms with Crippen LogP contribution in [0.4, 0.5) is 0 Å². The largest absolute Gasteiger partial charge is 0.467 e. The fourth-order valence-electron chi connectivity index (χ4n) is 3.80. The van der Waals surface area contributed by atoms with Gasteiger partial charge in [-0.1, -0.05) is 42.0 Å². The smallest absolute Gasteiger partial charge is 0.291 e. The van der Waals surface area contributed by atoms with Gasteiger partial charge in [0.1, 0.15) is 11.3 Å². The Morgan fingerprint density at radius 1 is 0.964 bits per heavy atom. The van der Waals surface area contributed by atoms with E-state index in [1.54, 1.807) is 41.5 Å². The molecule has 0 N–H and O–H groups in total. The first-order valence-electron chi connectivity index (χ1n) is 9.09. The molecule has 2 aromatic carbocycles. The average molecular weight is 371 g/mol. The summed E-state index contributed by atoms with van der Waals surface area (Å²) in [5.41, 5.74) is 2.61. The van der Waals surface area contributed by atoms with Gasteiger partial charge >= 0.3 is 0 Å². The Labute approximate surface area is 160 Å². The number of hydrogen-bond acceptors (Lipinski definition) is 4. The number of para-hydroxylation sites is 1. The molecule has 138 valence electrons. The highest BCUT2D eigenvalue weighted by molar-refractivity contribution is 5.99. The van der Waals surface area contributed by atoms with Crippen LogP contribution in [-0.2, 0) is 6.54 Å². The summed E-state index contributed by atoms with van der Waals surface area (Å²) >= 11 is 0. The van der Waals surface area contributed by atoms with Crippen molar-refractivity contribution in [3.63, 3.8) is 0 Å². The molecule has 5 rings (SSSR count). The molecule has 0 saturated carbocycles. The van der Waals surface area contributed by atoms with Crippen molar-refractivity contribution >= 4 is 16.9 Å². The molecule has 1 aliphatic heterocycles. The van der Waals surface area contributed by atoms with Crippen molar-refractivity contribution < 1.29 is 13.6 Å². The molecule has 1 amide bonds. The molecule has 0 radical (unpaired) electrons. The van der Waals surface area contributed by atoms with Gasteiger partial charge in [0.2, 0.25) is 5.76 Å². The van der Waals surface area contributed by atoms with Gasteiger partial charge in [-0.2, -0.15) is 0 Å². The third-order valence-corrected chi connectivity index (χ3v) is 5.17. The molecule has 2 aromatic heterocycles. The number of benzene rings is 2. The summed E-state index contributed by atoms with van der Waals surface area (Å²) in [6.07, 6.45) is 1.57. The molecule has 0 saturated heterocycles. The second kappa shape index (κ2) is 6.23. The molecule has 5 heteroatoms. The van der Waals surface area contributed by atoms with Gasteiger partial charge in [0.15, 0.2) is 5.43 Å².